The van der Waals surface area contributed by atoms with Crippen LogP contribution in [0.15, 0.2) is 42.5 Å². The zero-order chi connectivity index (χ0) is 17.0. The number of benzene rings is 2. The van der Waals surface area contributed by atoms with Gasteiger partial charge in [-0.25, -0.2) is 8.78 Å². The highest BCUT2D eigenvalue weighted by Gasteiger charge is 2.23. The van der Waals surface area contributed by atoms with E-state index in [1.165, 1.54) is 31.2 Å². The average molecular weight is 318 g/mol. The number of rotatable bonds is 6. The van der Waals surface area contributed by atoms with Crippen LogP contribution in [0.3, 0.4) is 0 Å². The molecule has 2 rings (SSSR count). The van der Waals surface area contributed by atoms with E-state index in [1.807, 2.05) is 6.07 Å². The minimum Gasteiger partial charge on any atom is -0.457 e. The summed E-state index contributed by atoms with van der Waals surface area (Å²) in [7, 11) is 0. The maximum atomic E-state index is 13.2. The normalized spacial score (nSPS) is 11.3. The Morgan fingerprint density at radius 2 is 1.70 bits per heavy atom. The van der Waals surface area contributed by atoms with Crippen molar-refractivity contribution < 1.29 is 18.3 Å². The van der Waals surface area contributed by atoms with Crippen molar-refractivity contribution >= 4 is 5.78 Å². The van der Waals surface area contributed by atoms with Crippen LogP contribution in [0.4, 0.5) is 8.78 Å². The van der Waals surface area contributed by atoms with Crippen LogP contribution in [0.25, 0.3) is 0 Å². The van der Waals surface area contributed by atoms with Crippen molar-refractivity contribution in [3.63, 3.8) is 0 Å². The molecule has 0 heterocycles. The molecule has 0 aromatic heterocycles. The molecule has 23 heavy (non-hydrogen) atoms. The van der Waals surface area contributed by atoms with Gasteiger partial charge >= 0.3 is 0 Å². The molecular weight excluding hydrogens is 298 g/mol. The van der Waals surface area contributed by atoms with E-state index in [2.05, 4.69) is 6.92 Å². The summed E-state index contributed by atoms with van der Waals surface area (Å²) in [5.74, 6) is -1.91. The van der Waals surface area contributed by atoms with Crippen LogP contribution in [0, 0.1) is 0 Å². The number of halogens is 2. The van der Waals surface area contributed by atoms with Gasteiger partial charge in [0.05, 0.1) is 0 Å². The van der Waals surface area contributed by atoms with Crippen molar-refractivity contribution in [3.8, 4) is 11.5 Å². The highest BCUT2D eigenvalue weighted by atomic mass is 19.3. The predicted molar refractivity (Wildman–Crippen MR) is 86.5 cm³/mol. The first kappa shape index (κ1) is 17.1. The Kier molecular flexibility index (Phi) is 5.14. The second-order valence-corrected chi connectivity index (χ2v) is 5.64. The number of hydrogen-bond donors (Lipinski definition) is 0. The lowest BCUT2D eigenvalue weighted by Crippen LogP contribution is -2.06. The van der Waals surface area contributed by atoms with Gasteiger partial charge in [0.15, 0.2) is 5.78 Å². The van der Waals surface area contributed by atoms with Gasteiger partial charge in [0.2, 0.25) is 0 Å². The van der Waals surface area contributed by atoms with Gasteiger partial charge in [-0.15, -0.1) is 0 Å². The molecule has 0 aliphatic carbocycles. The van der Waals surface area contributed by atoms with E-state index >= 15 is 0 Å². The first-order chi connectivity index (χ1) is 10.8. The zero-order valence-corrected chi connectivity index (χ0v) is 13.5. The number of alkyl halides is 2. The predicted octanol–water partition coefficient (Wildman–Crippen LogP) is 5.75. The molecule has 0 N–H and O–H groups in total. The van der Waals surface area contributed by atoms with Crippen LogP contribution in [0.5, 0.6) is 11.5 Å². The first-order valence-electron chi connectivity index (χ1n) is 7.61. The molecular formula is C19H20F2O2. The molecule has 0 fully saturated rings. The fraction of sp³-hybridized carbons (Fsp3) is 0.316. The van der Waals surface area contributed by atoms with E-state index in [0.717, 1.165) is 25.3 Å². The summed E-state index contributed by atoms with van der Waals surface area (Å²) in [6, 6.07) is 11.1. The lowest BCUT2D eigenvalue weighted by molar-refractivity contribution is 0.0174. The van der Waals surface area contributed by atoms with E-state index < -0.39 is 5.92 Å². The Balaban J connectivity index is 2.23. The summed E-state index contributed by atoms with van der Waals surface area (Å²) in [5, 5.41) is 0. The number of ether oxygens (including phenoxy) is 1. The van der Waals surface area contributed by atoms with Crippen molar-refractivity contribution in [2.75, 3.05) is 0 Å². The van der Waals surface area contributed by atoms with Gasteiger partial charge in [-0.05, 0) is 55.3 Å². The van der Waals surface area contributed by atoms with Gasteiger partial charge in [0.25, 0.3) is 5.92 Å². The van der Waals surface area contributed by atoms with Crippen molar-refractivity contribution in [1.29, 1.82) is 0 Å². The second kappa shape index (κ2) is 6.90. The Labute approximate surface area is 135 Å². The van der Waals surface area contributed by atoms with Gasteiger partial charge in [-0.3, -0.25) is 4.79 Å². The van der Waals surface area contributed by atoms with E-state index in [0.29, 0.717) is 17.1 Å². The van der Waals surface area contributed by atoms with Crippen molar-refractivity contribution in [2.45, 2.75) is 39.5 Å². The fourth-order valence-electron chi connectivity index (χ4n) is 2.39. The number of carbonyl (C=O) groups excluding carboxylic acids is 1. The highest BCUT2D eigenvalue weighted by Crippen LogP contribution is 2.30. The number of Topliss-reactive ketones (excluding diaryl/α,β-unsaturated/α-hetero) is 1. The monoisotopic (exact) mass is 318 g/mol. The van der Waals surface area contributed by atoms with Crippen molar-refractivity contribution in [3.05, 3.63) is 59.2 Å². The number of ketones is 1. The lowest BCUT2D eigenvalue weighted by Gasteiger charge is -2.13. The molecule has 2 aromatic rings. The molecule has 0 atom stereocenters. The minimum absolute atomic E-state index is 0.0140. The first-order valence-corrected chi connectivity index (χ1v) is 7.61. The molecule has 2 aromatic carbocycles. The van der Waals surface area contributed by atoms with Crippen molar-refractivity contribution in [1.82, 2.24) is 0 Å². The van der Waals surface area contributed by atoms with Gasteiger partial charge in [0, 0.05) is 18.1 Å². The maximum Gasteiger partial charge on any atom is 0.270 e. The maximum absolute atomic E-state index is 13.2. The summed E-state index contributed by atoms with van der Waals surface area (Å²) in [5.41, 5.74) is 1.57. The number of hydrogen-bond acceptors (Lipinski definition) is 2. The molecule has 0 aliphatic heterocycles. The van der Waals surface area contributed by atoms with Gasteiger partial charge in [-0.2, -0.15) is 0 Å². The van der Waals surface area contributed by atoms with E-state index in [1.54, 1.807) is 12.1 Å². The third kappa shape index (κ3) is 4.38. The third-order valence-corrected chi connectivity index (χ3v) is 3.58. The molecule has 0 radical (unpaired) electrons. The molecule has 0 unspecified atom stereocenters. The highest BCUT2D eigenvalue weighted by molar-refractivity contribution is 5.96. The lowest BCUT2D eigenvalue weighted by atomic mass is 10.0. The van der Waals surface area contributed by atoms with E-state index in [9.17, 15) is 13.6 Å². The summed E-state index contributed by atoms with van der Waals surface area (Å²) in [4.78, 5) is 11.8. The van der Waals surface area contributed by atoms with E-state index in [4.69, 9.17) is 4.74 Å². The molecule has 4 heteroatoms. The van der Waals surface area contributed by atoms with Gasteiger partial charge < -0.3 is 4.74 Å². The number of aryl methyl sites for hydroxylation is 1. The molecule has 0 saturated carbocycles. The Morgan fingerprint density at radius 1 is 1.09 bits per heavy atom. The third-order valence-electron chi connectivity index (χ3n) is 3.58. The zero-order valence-electron chi connectivity index (χ0n) is 13.5. The fourth-order valence-corrected chi connectivity index (χ4v) is 2.39. The molecule has 0 bridgehead atoms. The van der Waals surface area contributed by atoms with Crippen LogP contribution in [-0.2, 0) is 12.3 Å². The summed E-state index contributed by atoms with van der Waals surface area (Å²) in [6.07, 6.45) is 1.78. The largest absolute Gasteiger partial charge is 0.457 e. The van der Waals surface area contributed by atoms with Crippen molar-refractivity contribution in [2.24, 2.45) is 0 Å². The summed E-state index contributed by atoms with van der Waals surface area (Å²) >= 11 is 0. The Bertz CT molecular complexity index is 686. The molecule has 2 nitrogen and oxygen atoms in total. The Hall–Kier alpha value is -2.23. The summed E-state index contributed by atoms with van der Waals surface area (Å²) < 4.78 is 32.1. The van der Waals surface area contributed by atoms with Crippen LogP contribution in [0.2, 0.25) is 0 Å². The molecule has 122 valence electrons. The molecule has 0 saturated heterocycles. The minimum atomic E-state index is -2.87. The van der Waals surface area contributed by atoms with Gasteiger partial charge in [-0.1, -0.05) is 19.4 Å². The van der Waals surface area contributed by atoms with Gasteiger partial charge in [0.1, 0.15) is 11.5 Å². The van der Waals surface area contributed by atoms with Crippen LogP contribution in [0.1, 0.15) is 48.7 Å². The standard InChI is InChI=1S/C19H20F2O2/c1-4-5-14-6-9-17(12-18(14)13(2)22)23-16-10-7-15(8-11-16)19(3,20)21/h6-12H,4-5H2,1-3H3. The number of carbonyl (C=O) groups is 1. The Morgan fingerprint density at radius 3 is 2.22 bits per heavy atom. The molecule has 0 aliphatic rings. The average Bonchev–Trinajstić information content (AvgIpc) is 2.48. The molecule has 0 spiro atoms. The second-order valence-electron chi connectivity index (χ2n) is 5.64. The molecule has 0 amide bonds. The summed E-state index contributed by atoms with van der Waals surface area (Å²) in [6.45, 7) is 4.43. The van der Waals surface area contributed by atoms with Crippen LogP contribution in [-0.4, -0.2) is 5.78 Å². The smallest absolute Gasteiger partial charge is 0.270 e. The SMILES string of the molecule is CCCc1ccc(Oc2ccc(C(C)(F)F)cc2)cc1C(C)=O. The van der Waals surface area contributed by atoms with E-state index in [-0.39, 0.29) is 11.3 Å². The van der Waals surface area contributed by atoms with Crippen LogP contribution >= 0.6 is 0 Å². The quantitative estimate of drug-likeness (QED) is 0.634. The topological polar surface area (TPSA) is 26.3 Å². The van der Waals surface area contributed by atoms with Crippen LogP contribution < -0.4 is 4.74 Å².